The highest BCUT2D eigenvalue weighted by Gasteiger charge is 2.31. The molecule has 0 spiro atoms. The smallest absolute Gasteiger partial charge is 0.0662 e. The van der Waals surface area contributed by atoms with Crippen LogP contribution in [0, 0.1) is 6.92 Å². The molecule has 2 rings (SSSR count). The zero-order chi connectivity index (χ0) is 13.7. The molecule has 0 amide bonds. The number of aliphatic hydroxyl groups is 1. The zero-order valence-corrected chi connectivity index (χ0v) is 12.2. The minimum absolute atomic E-state index is 0.155. The molecule has 1 heterocycles. The molecule has 0 aromatic heterocycles. The summed E-state index contributed by atoms with van der Waals surface area (Å²) >= 11 is 0. The van der Waals surface area contributed by atoms with Crippen LogP contribution in [0.3, 0.4) is 0 Å². The number of nitrogens with zero attached hydrogens (tertiary/aromatic N) is 1. The summed E-state index contributed by atoms with van der Waals surface area (Å²) in [7, 11) is 0. The van der Waals surface area contributed by atoms with Gasteiger partial charge in [0.15, 0.2) is 0 Å². The molecule has 1 saturated heterocycles. The van der Waals surface area contributed by atoms with E-state index in [1.54, 1.807) is 0 Å². The lowest BCUT2D eigenvalue weighted by molar-refractivity contribution is 0.193. The van der Waals surface area contributed by atoms with Crippen molar-refractivity contribution >= 4 is 5.69 Å². The predicted octanol–water partition coefficient (Wildman–Crippen LogP) is 2.64. The molecule has 0 aliphatic carbocycles. The third-order valence-electron chi connectivity index (χ3n) is 4.21. The summed E-state index contributed by atoms with van der Waals surface area (Å²) in [6, 6.07) is 8.41. The van der Waals surface area contributed by atoms with Crippen LogP contribution in [-0.4, -0.2) is 41.8 Å². The molecular weight excluding hydrogens is 236 g/mol. The number of hydrogen-bond donors (Lipinski definition) is 2. The molecule has 19 heavy (non-hydrogen) atoms. The van der Waals surface area contributed by atoms with Crippen LogP contribution in [0.2, 0.25) is 0 Å². The summed E-state index contributed by atoms with van der Waals surface area (Å²) in [6.45, 7) is 7.83. The van der Waals surface area contributed by atoms with Crippen molar-refractivity contribution in [3.63, 3.8) is 0 Å². The zero-order valence-electron chi connectivity index (χ0n) is 12.2. The fourth-order valence-corrected chi connectivity index (χ4v) is 2.92. The minimum atomic E-state index is -0.155. The Morgan fingerprint density at radius 2 is 2.16 bits per heavy atom. The highest BCUT2D eigenvalue weighted by molar-refractivity contribution is 5.47. The largest absolute Gasteiger partial charge is 0.394 e. The minimum Gasteiger partial charge on any atom is -0.394 e. The second-order valence-corrected chi connectivity index (χ2v) is 5.72. The van der Waals surface area contributed by atoms with Gasteiger partial charge < -0.3 is 15.3 Å². The van der Waals surface area contributed by atoms with E-state index in [0.29, 0.717) is 0 Å². The van der Waals surface area contributed by atoms with Crippen LogP contribution >= 0.6 is 0 Å². The number of hydrogen-bond acceptors (Lipinski definition) is 3. The molecule has 3 heteroatoms. The van der Waals surface area contributed by atoms with E-state index in [4.69, 9.17) is 0 Å². The Bertz CT molecular complexity index is 407. The van der Waals surface area contributed by atoms with Gasteiger partial charge in [0.25, 0.3) is 0 Å². The van der Waals surface area contributed by atoms with Gasteiger partial charge in [-0.25, -0.2) is 0 Å². The molecule has 1 aliphatic rings. The van der Waals surface area contributed by atoms with Crippen molar-refractivity contribution in [2.75, 3.05) is 31.6 Å². The van der Waals surface area contributed by atoms with Gasteiger partial charge in [0, 0.05) is 12.2 Å². The SMILES string of the molecule is CCN1CCCC(CO)(Nc2cccc(C)c2)CC1. The Labute approximate surface area is 116 Å². The van der Waals surface area contributed by atoms with Gasteiger partial charge in [-0.1, -0.05) is 19.1 Å². The highest BCUT2D eigenvalue weighted by atomic mass is 16.3. The van der Waals surface area contributed by atoms with Crippen molar-refractivity contribution in [3.8, 4) is 0 Å². The molecule has 2 N–H and O–H groups in total. The molecular formula is C16H26N2O. The summed E-state index contributed by atoms with van der Waals surface area (Å²) in [6.07, 6.45) is 3.19. The van der Waals surface area contributed by atoms with E-state index in [-0.39, 0.29) is 12.1 Å². The van der Waals surface area contributed by atoms with Crippen molar-refractivity contribution in [1.29, 1.82) is 0 Å². The average molecular weight is 262 g/mol. The van der Waals surface area contributed by atoms with Crippen molar-refractivity contribution in [3.05, 3.63) is 29.8 Å². The third-order valence-corrected chi connectivity index (χ3v) is 4.21. The quantitative estimate of drug-likeness (QED) is 0.875. The normalized spacial score (nSPS) is 25.0. The van der Waals surface area contributed by atoms with Gasteiger partial charge >= 0.3 is 0 Å². The summed E-state index contributed by atoms with van der Waals surface area (Å²) in [4.78, 5) is 2.47. The third kappa shape index (κ3) is 3.71. The lowest BCUT2D eigenvalue weighted by atomic mass is 9.91. The number of aryl methyl sites for hydroxylation is 1. The van der Waals surface area contributed by atoms with Gasteiger partial charge in [-0.3, -0.25) is 0 Å². The first-order valence-electron chi connectivity index (χ1n) is 7.35. The van der Waals surface area contributed by atoms with Crippen molar-refractivity contribution in [1.82, 2.24) is 4.90 Å². The lowest BCUT2D eigenvalue weighted by Gasteiger charge is -2.33. The van der Waals surface area contributed by atoms with Crippen LogP contribution in [0.15, 0.2) is 24.3 Å². The Balaban J connectivity index is 2.09. The van der Waals surface area contributed by atoms with Gasteiger partial charge in [0.2, 0.25) is 0 Å². The lowest BCUT2D eigenvalue weighted by Crippen LogP contribution is -2.43. The van der Waals surface area contributed by atoms with Crippen LogP contribution in [0.5, 0.6) is 0 Å². The fourth-order valence-electron chi connectivity index (χ4n) is 2.92. The second-order valence-electron chi connectivity index (χ2n) is 5.72. The van der Waals surface area contributed by atoms with E-state index in [1.807, 2.05) is 0 Å². The maximum Gasteiger partial charge on any atom is 0.0662 e. The molecule has 0 saturated carbocycles. The first kappa shape index (κ1) is 14.4. The molecule has 1 aliphatic heterocycles. The average Bonchev–Trinajstić information content (AvgIpc) is 2.62. The number of aliphatic hydroxyl groups excluding tert-OH is 1. The van der Waals surface area contributed by atoms with Crippen LogP contribution in [0.25, 0.3) is 0 Å². The summed E-state index contributed by atoms with van der Waals surface area (Å²) in [5.41, 5.74) is 2.22. The maximum absolute atomic E-state index is 9.88. The van der Waals surface area contributed by atoms with Crippen molar-refractivity contribution < 1.29 is 5.11 Å². The summed E-state index contributed by atoms with van der Waals surface area (Å²) in [5, 5.41) is 13.5. The first-order chi connectivity index (χ1) is 9.17. The van der Waals surface area contributed by atoms with Gasteiger partial charge in [-0.15, -0.1) is 0 Å². The Morgan fingerprint density at radius 1 is 1.32 bits per heavy atom. The highest BCUT2D eigenvalue weighted by Crippen LogP contribution is 2.27. The monoisotopic (exact) mass is 262 g/mol. The van der Waals surface area contributed by atoms with E-state index in [0.717, 1.165) is 44.6 Å². The van der Waals surface area contributed by atoms with Gasteiger partial charge in [-0.05, 0) is 57.0 Å². The van der Waals surface area contributed by atoms with Crippen molar-refractivity contribution in [2.45, 2.75) is 38.6 Å². The number of likely N-dealkylation sites (tertiary alicyclic amines) is 1. The van der Waals surface area contributed by atoms with E-state index >= 15 is 0 Å². The van der Waals surface area contributed by atoms with Crippen LogP contribution in [-0.2, 0) is 0 Å². The summed E-state index contributed by atoms with van der Waals surface area (Å²) in [5.74, 6) is 0. The summed E-state index contributed by atoms with van der Waals surface area (Å²) < 4.78 is 0. The number of rotatable bonds is 4. The number of benzene rings is 1. The molecule has 3 nitrogen and oxygen atoms in total. The topological polar surface area (TPSA) is 35.5 Å². The van der Waals surface area contributed by atoms with E-state index < -0.39 is 0 Å². The standard InChI is InChI=1S/C16H26N2O/c1-3-18-10-5-8-16(13-19,9-11-18)17-15-7-4-6-14(2)12-15/h4,6-7,12,17,19H,3,5,8-11,13H2,1-2H3. The number of nitrogens with one attached hydrogen (secondary N) is 1. The van der Waals surface area contributed by atoms with E-state index in [1.165, 1.54) is 5.56 Å². The number of anilines is 1. The van der Waals surface area contributed by atoms with Crippen LogP contribution in [0.4, 0.5) is 5.69 Å². The molecule has 1 atom stereocenters. The predicted molar refractivity (Wildman–Crippen MR) is 80.6 cm³/mol. The molecule has 1 fully saturated rings. The van der Waals surface area contributed by atoms with Gasteiger partial charge in [-0.2, -0.15) is 0 Å². The van der Waals surface area contributed by atoms with E-state index in [9.17, 15) is 5.11 Å². The van der Waals surface area contributed by atoms with Crippen LogP contribution < -0.4 is 5.32 Å². The Hall–Kier alpha value is -1.06. The molecule has 106 valence electrons. The van der Waals surface area contributed by atoms with E-state index in [2.05, 4.69) is 48.3 Å². The maximum atomic E-state index is 9.88. The second kappa shape index (κ2) is 6.40. The molecule has 1 aromatic rings. The molecule has 1 aromatic carbocycles. The fraction of sp³-hybridized carbons (Fsp3) is 0.625. The van der Waals surface area contributed by atoms with Crippen LogP contribution in [0.1, 0.15) is 31.7 Å². The molecule has 0 bridgehead atoms. The molecule has 1 unspecified atom stereocenters. The van der Waals surface area contributed by atoms with Gasteiger partial charge in [0.05, 0.1) is 12.1 Å². The first-order valence-corrected chi connectivity index (χ1v) is 7.35. The Kier molecular flexibility index (Phi) is 4.83. The molecule has 0 radical (unpaired) electrons. The Morgan fingerprint density at radius 3 is 2.84 bits per heavy atom. The van der Waals surface area contributed by atoms with Gasteiger partial charge in [0.1, 0.15) is 0 Å². The van der Waals surface area contributed by atoms with Crippen molar-refractivity contribution in [2.24, 2.45) is 0 Å².